The van der Waals surface area contributed by atoms with Crippen LogP contribution in [-0.2, 0) is 9.47 Å². The Kier molecular flexibility index (Phi) is 3.51. The molecule has 1 saturated carbocycles. The molecule has 2 saturated heterocycles. The number of carbonyl (C=O) groups excluding carboxylic acids is 1. The highest BCUT2D eigenvalue weighted by Gasteiger charge is 2.46. The molecule has 2 unspecified atom stereocenters. The highest BCUT2D eigenvalue weighted by atomic mass is 35.5. The molecule has 118 valence electrons. The van der Waals surface area contributed by atoms with Gasteiger partial charge in [0.15, 0.2) is 5.79 Å². The van der Waals surface area contributed by atoms with Crippen LogP contribution in [0.5, 0.6) is 0 Å². The van der Waals surface area contributed by atoms with Gasteiger partial charge < -0.3 is 19.7 Å². The first-order valence-corrected chi connectivity index (χ1v) is 8.12. The maximum Gasteiger partial charge on any atom is 0.317 e. The minimum absolute atomic E-state index is 0.0227. The van der Waals surface area contributed by atoms with Gasteiger partial charge >= 0.3 is 6.03 Å². The number of benzene rings is 1. The molecular formula is C16H19ClN2O3. The molecule has 4 rings (SSSR count). The first-order chi connectivity index (χ1) is 10.7. The maximum absolute atomic E-state index is 12.4. The summed E-state index contributed by atoms with van der Waals surface area (Å²) in [4.78, 5) is 14.1. The Morgan fingerprint density at radius 2 is 2.18 bits per heavy atom. The number of hydrogen-bond acceptors (Lipinski definition) is 3. The van der Waals surface area contributed by atoms with Crippen LogP contribution < -0.4 is 5.32 Å². The van der Waals surface area contributed by atoms with E-state index in [0.717, 1.165) is 17.9 Å². The van der Waals surface area contributed by atoms with Crippen molar-refractivity contribution in [3.63, 3.8) is 0 Å². The third-order valence-corrected chi connectivity index (χ3v) is 4.91. The van der Waals surface area contributed by atoms with E-state index >= 15 is 0 Å². The van der Waals surface area contributed by atoms with Gasteiger partial charge in [0.2, 0.25) is 0 Å². The summed E-state index contributed by atoms with van der Waals surface area (Å²) in [7, 11) is 0. The highest BCUT2D eigenvalue weighted by Crippen LogP contribution is 2.41. The molecule has 2 amide bonds. The second-order valence-electron chi connectivity index (χ2n) is 6.23. The second-order valence-corrected chi connectivity index (χ2v) is 6.67. The van der Waals surface area contributed by atoms with Crippen LogP contribution in [0.25, 0.3) is 0 Å². The maximum atomic E-state index is 12.4. The molecule has 2 heterocycles. The lowest BCUT2D eigenvalue weighted by Crippen LogP contribution is -2.43. The fraction of sp³-hybridized carbons (Fsp3) is 0.562. The molecule has 6 heteroatoms. The van der Waals surface area contributed by atoms with Gasteiger partial charge in [-0.1, -0.05) is 23.7 Å². The number of nitrogens with one attached hydrogen (secondary N) is 1. The van der Waals surface area contributed by atoms with Crippen LogP contribution in [0.2, 0.25) is 5.02 Å². The highest BCUT2D eigenvalue weighted by molar-refractivity contribution is 6.30. The number of rotatable bonds is 2. The molecule has 1 N–H and O–H groups in total. The normalized spacial score (nSPS) is 29.0. The Morgan fingerprint density at radius 1 is 1.36 bits per heavy atom. The number of nitrogens with zero attached hydrogens (tertiary/aromatic N) is 1. The predicted molar refractivity (Wildman–Crippen MR) is 82.0 cm³/mol. The number of likely N-dealkylation sites (tertiary alicyclic amines) is 1. The van der Waals surface area contributed by atoms with Crippen molar-refractivity contribution in [2.75, 3.05) is 26.3 Å². The molecule has 1 aromatic carbocycles. The van der Waals surface area contributed by atoms with Crippen molar-refractivity contribution in [1.29, 1.82) is 0 Å². The van der Waals surface area contributed by atoms with E-state index in [0.29, 0.717) is 32.2 Å². The smallest absolute Gasteiger partial charge is 0.317 e. The van der Waals surface area contributed by atoms with Gasteiger partial charge in [-0.05, 0) is 24.1 Å². The van der Waals surface area contributed by atoms with Crippen molar-refractivity contribution in [2.45, 2.75) is 30.6 Å². The molecule has 22 heavy (non-hydrogen) atoms. The largest absolute Gasteiger partial charge is 0.346 e. The molecule has 2 aliphatic heterocycles. The zero-order chi connectivity index (χ0) is 15.2. The fourth-order valence-electron chi connectivity index (χ4n) is 3.37. The monoisotopic (exact) mass is 322 g/mol. The quantitative estimate of drug-likeness (QED) is 0.909. The minimum Gasteiger partial charge on any atom is -0.346 e. The summed E-state index contributed by atoms with van der Waals surface area (Å²) in [6.45, 7) is 2.44. The van der Waals surface area contributed by atoms with Crippen molar-refractivity contribution < 1.29 is 14.3 Å². The van der Waals surface area contributed by atoms with Gasteiger partial charge in [-0.25, -0.2) is 4.79 Å². The summed E-state index contributed by atoms with van der Waals surface area (Å²) < 4.78 is 11.3. The number of carbonyl (C=O) groups is 1. The van der Waals surface area contributed by atoms with Crippen molar-refractivity contribution in [3.05, 3.63) is 34.9 Å². The number of urea groups is 1. The number of halogens is 1. The van der Waals surface area contributed by atoms with Gasteiger partial charge in [-0.3, -0.25) is 0 Å². The van der Waals surface area contributed by atoms with Crippen LogP contribution in [0.3, 0.4) is 0 Å². The summed E-state index contributed by atoms with van der Waals surface area (Å²) >= 11 is 6.02. The topological polar surface area (TPSA) is 50.8 Å². The van der Waals surface area contributed by atoms with Crippen LogP contribution in [-0.4, -0.2) is 49.1 Å². The first kappa shape index (κ1) is 14.3. The standard InChI is InChI=1S/C16H19ClN2O3/c17-12-3-1-2-11(8-12)13-9-14(13)18-15(20)19-5-4-16(10-19)21-6-7-22-16/h1-3,8,13-14H,4-7,9-10H2,(H,18,20). The Balaban J connectivity index is 1.32. The zero-order valence-corrected chi connectivity index (χ0v) is 13.0. The van der Waals surface area contributed by atoms with Gasteiger partial charge in [-0.15, -0.1) is 0 Å². The lowest BCUT2D eigenvalue weighted by molar-refractivity contribution is -0.143. The fourth-order valence-corrected chi connectivity index (χ4v) is 3.57. The van der Waals surface area contributed by atoms with Crippen LogP contribution in [0, 0.1) is 0 Å². The van der Waals surface area contributed by atoms with Crippen LogP contribution in [0.1, 0.15) is 24.3 Å². The SMILES string of the molecule is O=C(NC1CC1c1cccc(Cl)c1)N1CCC2(C1)OCCO2. The van der Waals surface area contributed by atoms with Crippen molar-refractivity contribution in [2.24, 2.45) is 0 Å². The Bertz CT molecular complexity index is 589. The second kappa shape index (κ2) is 5.41. The van der Waals surface area contributed by atoms with E-state index in [2.05, 4.69) is 11.4 Å². The average Bonchev–Trinajstić information content (AvgIpc) is 2.95. The zero-order valence-electron chi connectivity index (χ0n) is 12.3. The van der Waals surface area contributed by atoms with Gasteiger partial charge in [0.1, 0.15) is 0 Å². The Hall–Kier alpha value is -1.30. The van der Waals surface area contributed by atoms with Gasteiger partial charge in [0.05, 0.1) is 19.8 Å². The van der Waals surface area contributed by atoms with E-state index in [9.17, 15) is 4.79 Å². The van der Waals surface area contributed by atoms with Crippen molar-refractivity contribution >= 4 is 17.6 Å². The first-order valence-electron chi connectivity index (χ1n) is 7.74. The molecule has 2 atom stereocenters. The lowest BCUT2D eigenvalue weighted by Gasteiger charge is -2.22. The van der Waals surface area contributed by atoms with Crippen LogP contribution >= 0.6 is 11.6 Å². The molecule has 1 aromatic rings. The molecular weight excluding hydrogens is 304 g/mol. The summed E-state index contributed by atoms with van der Waals surface area (Å²) in [5.74, 6) is -0.175. The van der Waals surface area contributed by atoms with Crippen LogP contribution in [0.15, 0.2) is 24.3 Å². The molecule has 3 aliphatic rings. The van der Waals surface area contributed by atoms with Gasteiger partial charge in [-0.2, -0.15) is 0 Å². The molecule has 5 nitrogen and oxygen atoms in total. The Morgan fingerprint density at radius 3 is 2.95 bits per heavy atom. The molecule has 1 aliphatic carbocycles. The lowest BCUT2D eigenvalue weighted by atomic mass is 10.1. The van der Waals surface area contributed by atoms with Gasteiger partial charge in [0.25, 0.3) is 0 Å². The molecule has 0 radical (unpaired) electrons. The molecule has 1 spiro atoms. The van der Waals surface area contributed by atoms with E-state index in [1.807, 2.05) is 18.2 Å². The van der Waals surface area contributed by atoms with E-state index in [-0.39, 0.29) is 12.1 Å². The van der Waals surface area contributed by atoms with Crippen LogP contribution in [0.4, 0.5) is 4.79 Å². The minimum atomic E-state index is -0.548. The molecule has 3 fully saturated rings. The van der Waals surface area contributed by atoms with E-state index in [4.69, 9.17) is 21.1 Å². The third-order valence-electron chi connectivity index (χ3n) is 4.67. The summed E-state index contributed by atoms with van der Waals surface area (Å²) in [6, 6.07) is 8.04. The predicted octanol–water partition coefficient (Wildman–Crippen LogP) is 2.35. The van der Waals surface area contributed by atoms with E-state index in [1.165, 1.54) is 5.56 Å². The van der Waals surface area contributed by atoms with E-state index in [1.54, 1.807) is 4.90 Å². The number of hydrogen-bond donors (Lipinski definition) is 1. The summed E-state index contributed by atoms with van der Waals surface area (Å²) in [5.41, 5.74) is 1.19. The summed E-state index contributed by atoms with van der Waals surface area (Å²) in [6.07, 6.45) is 1.72. The number of ether oxygens (including phenoxy) is 2. The number of amides is 2. The van der Waals surface area contributed by atoms with Crippen molar-refractivity contribution in [3.8, 4) is 0 Å². The third kappa shape index (κ3) is 2.69. The van der Waals surface area contributed by atoms with E-state index < -0.39 is 5.79 Å². The van der Waals surface area contributed by atoms with Crippen molar-refractivity contribution in [1.82, 2.24) is 10.2 Å². The summed E-state index contributed by atoms with van der Waals surface area (Å²) in [5, 5.41) is 3.85. The molecule has 0 bridgehead atoms. The average molecular weight is 323 g/mol. The van der Waals surface area contributed by atoms with Gasteiger partial charge in [0, 0.05) is 29.9 Å². The Labute approximate surface area is 134 Å². The molecule has 0 aromatic heterocycles.